The highest BCUT2D eigenvalue weighted by Gasteiger charge is 2.07. The summed E-state index contributed by atoms with van der Waals surface area (Å²) in [5, 5.41) is 0. The van der Waals surface area contributed by atoms with Crippen LogP contribution in [0.5, 0.6) is 0 Å². The molecule has 0 aliphatic rings. The van der Waals surface area contributed by atoms with E-state index in [2.05, 4.69) is 20.1 Å². The van der Waals surface area contributed by atoms with Crippen LogP contribution in [0.3, 0.4) is 0 Å². The molecule has 0 heterocycles. The summed E-state index contributed by atoms with van der Waals surface area (Å²) >= 11 is 0. The van der Waals surface area contributed by atoms with E-state index in [1.54, 1.807) is 0 Å². The van der Waals surface area contributed by atoms with Gasteiger partial charge in [0.05, 0.1) is 12.4 Å². The van der Waals surface area contributed by atoms with Crippen LogP contribution in [0.25, 0.3) is 0 Å². The fourth-order valence-corrected chi connectivity index (χ4v) is 0.987. The second-order valence-corrected chi connectivity index (χ2v) is 3.14. The van der Waals surface area contributed by atoms with Crippen molar-refractivity contribution in [1.82, 2.24) is 0 Å². The van der Waals surface area contributed by atoms with Crippen LogP contribution in [0.15, 0.2) is 24.8 Å². The minimum absolute atomic E-state index is 0.168. The van der Waals surface area contributed by atoms with Crippen LogP contribution < -0.4 is 5.73 Å². The van der Waals surface area contributed by atoms with Gasteiger partial charge in [-0.1, -0.05) is 20.4 Å². The molecule has 0 bridgehead atoms. The first kappa shape index (κ1) is 12.9. The van der Waals surface area contributed by atoms with E-state index >= 15 is 0 Å². The Morgan fingerprint density at radius 3 is 2.43 bits per heavy atom. The zero-order valence-corrected chi connectivity index (χ0v) is 9.21. The Morgan fingerprint density at radius 2 is 2.00 bits per heavy atom. The lowest BCUT2D eigenvalue weighted by Crippen LogP contribution is -2.15. The van der Waals surface area contributed by atoms with E-state index < -0.39 is 0 Å². The molecule has 2 N–H and O–H groups in total. The van der Waals surface area contributed by atoms with E-state index in [4.69, 9.17) is 15.2 Å². The van der Waals surface area contributed by atoms with Crippen LogP contribution in [0.1, 0.15) is 33.1 Å². The normalized spacial score (nSPS) is 11.9. The minimum Gasteiger partial charge on any atom is -0.495 e. The SMILES string of the molecule is C=C(N)OCCC(CC)OC(=C)CC. The maximum absolute atomic E-state index is 5.59. The molecular weight excluding hydrogens is 178 g/mol. The highest BCUT2D eigenvalue weighted by molar-refractivity contribution is 4.82. The fourth-order valence-electron chi connectivity index (χ4n) is 0.987. The standard InChI is InChI=1S/C11H21NO2/c1-5-9(3)14-11(6-2)7-8-13-10(4)12/h11H,3-8,12H2,1-2H3. The molecule has 0 fully saturated rings. The first-order valence-corrected chi connectivity index (χ1v) is 5.01. The van der Waals surface area contributed by atoms with Crippen molar-refractivity contribution in [3.8, 4) is 0 Å². The topological polar surface area (TPSA) is 44.5 Å². The van der Waals surface area contributed by atoms with Gasteiger partial charge in [0, 0.05) is 12.8 Å². The lowest BCUT2D eigenvalue weighted by atomic mass is 10.2. The van der Waals surface area contributed by atoms with E-state index in [0.717, 1.165) is 25.0 Å². The smallest absolute Gasteiger partial charge is 0.176 e. The third-order valence-corrected chi connectivity index (χ3v) is 1.91. The average Bonchev–Trinajstić information content (AvgIpc) is 2.15. The quantitative estimate of drug-likeness (QED) is 0.611. The number of nitrogens with two attached hydrogens (primary N) is 1. The van der Waals surface area contributed by atoms with Crippen LogP contribution in [-0.2, 0) is 9.47 Å². The van der Waals surface area contributed by atoms with E-state index in [1.807, 2.05) is 6.92 Å². The summed E-state index contributed by atoms with van der Waals surface area (Å²) in [4.78, 5) is 0. The molecule has 0 aliphatic heterocycles. The van der Waals surface area contributed by atoms with Gasteiger partial charge in [-0.2, -0.15) is 0 Å². The number of hydrogen-bond donors (Lipinski definition) is 1. The van der Waals surface area contributed by atoms with Gasteiger partial charge >= 0.3 is 0 Å². The Morgan fingerprint density at radius 1 is 1.36 bits per heavy atom. The molecular formula is C11H21NO2. The summed E-state index contributed by atoms with van der Waals surface area (Å²) in [5.74, 6) is 1.08. The van der Waals surface area contributed by atoms with E-state index in [9.17, 15) is 0 Å². The predicted octanol–water partition coefficient (Wildman–Crippen LogP) is 2.54. The van der Waals surface area contributed by atoms with Crippen LogP contribution in [0.2, 0.25) is 0 Å². The lowest BCUT2D eigenvalue weighted by molar-refractivity contribution is 0.0739. The van der Waals surface area contributed by atoms with Gasteiger partial charge in [0.25, 0.3) is 0 Å². The first-order chi connectivity index (χ1) is 6.60. The third-order valence-electron chi connectivity index (χ3n) is 1.91. The van der Waals surface area contributed by atoms with E-state index in [1.165, 1.54) is 0 Å². The Labute approximate surface area is 86.6 Å². The van der Waals surface area contributed by atoms with Gasteiger partial charge in [-0.05, 0) is 13.0 Å². The maximum Gasteiger partial charge on any atom is 0.176 e. The van der Waals surface area contributed by atoms with E-state index in [-0.39, 0.29) is 12.0 Å². The number of allylic oxidation sites excluding steroid dienone is 1. The molecule has 0 radical (unpaired) electrons. The Hall–Kier alpha value is -1.12. The molecule has 1 atom stereocenters. The Bertz CT molecular complexity index is 190. The zero-order valence-electron chi connectivity index (χ0n) is 9.21. The van der Waals surface area contributed by atoms with Crippen molar-refractivity contribution < 1.29 is 9.47 Å². The molecule has 82 valence electrons. The molecule has 0 amide bonds. The molecule has 3 heteroatoms. The van der Waals surface area contributed by atoms with Crippen LogP contribution in [-0.4, -0.2) is 12.7 Å². The average molecular weight is 199 g/mol. The highest BCUT2D eigenvalue weighted by Crippen LogP contribution is 2.11. The molecule has 0 spiro atoms. The maximum atomic E-state index is 5.59. The van der Waals surface area contributed by atoms with Crippen LogP contribution in [0, 0.1) is 0 Å². The van der Waals surface area contributed by atoms with Crippen molar-refractivity contribution in [3.63, 3.8) is 0 Å². The number of hydrogen-bond acceptors (Lipinski definition) is 3. The second-order valence-electron chi connectivity index (χ2n) is 3.14. The fraction of sp³-hybridized carbons (Fsp3) is 0.636. The van der Waals surface area contributed by atoms with Gasteiger partial charge in [-0.3, -0.25) is 0 Å². The highest BCUT2D eigenvalue weighted by atomic mass is 16.5. The first-order valence-electron chi connectivity index (χ1n) is 5.01. The van der Waals surface area contributed by atoms with Crippen molar-refractivity contribution in [2.75, 3.05) is 6.61 Å². The molecule has 0 aromatic carbocycles. The van der Waals surface area contributed by atoms with Crippen molar-refractivity contribution in [1.29, 1.82) is 0 Å². The van der Waals surface area contributed by atoms with Gasteiger partial charge < -0.3 is 15.2 Å². The Balaban J connectivity index is 3.68. The summed E-state index contributed by atoms with van der Waals surface area (Å²) in [5.41, 5.74) is 5.27. The number of rotatable bonds is 8. The minimum atomic E-state index is 0.168. The van der Waals surface area contributed by atoms with Crippen LogP contribution >= 0.6 is 0 Å². The zero-order chi connectivity index (χ0) is 11.0. The molecule has 0 rings (SSSR count). The van der Waals surface area contributed by atoms with Gasteiger partial charge in [0.1, 0.15) is 6.10 Å². The molecule has 0 aromatic heterocycles. The lowest BCUT2D eigenvalue weighted by Gasteiger charge is -2.18. The van der Waals surface area contributed by atoms with Gasteiger partial charge in [0.15, 0.2) is 5.88 Å². The molecule has 0 aromatic rings. The van der Waals surface area contributed by atoms with Crippen molar-refractivity contribution >= 4 is 0 Å². The molecule has 14 heavy (non-hydrogen) atoms. The van der Waals surface area contributed by atoms with Crippen LogP contribution in [0.4, 0.5) is 0 Å². The molecule has 0 aliphatic carbocycles. The predicted molar refractivity (Wildman–Crippen MR) is 58.5 cm³/mol. The summed E-state index contributed by atoms with van der Waals surface area (Å²) in [6.07, 6.45) is 2.77. The molecule has 1 unspecified atom stereocenters. The monoisotopic (exact) mass is 199 g/mol. The van der Waals surface area contributed by atoms with Crippen molar-refractivity contribution in [2.45, 2.75) is 39.2 Å². The van der Waals surface area contributed by atoms with Gasteiger partial charge in [-0.15, -0.1) is 0 Å². The van der Waals surface area contributed by atoms with Crippen molar-refractivity contribution in [2.24, 2.45) is 5.73 Å². The summed E-state index contributed by atoms with van der Waals surface area (Å²) in [6, 6.07) is 0. The molecule has 0 saturated heterocycles. The molecule has 3 nitrogen and oxygen atoms in total. The second kappa shape index (κ2) is 7.30. The molecule has 0 saturated carbocycles. The van der Waals surface area contributed by atoms with Gasteiger partial charge in [0.2, 0.25) is 0 Å². The summed E-state index contributed by atoms with van der Waals surface area (Å²) < 4.78 is 10.6. The third kappa shape index (κ3) is 6.40. The van der Waals surface area contributed by atoms with Crippen molar-refractivity contribution in [3.05, 3.63) is 24.8 Å². The van der Waals surface area contributed by atoms with Gasteiger partial charge in [-0.25, -0.2) is 0 Å². The number of ether oxygens (including phenoxy) is 2. The largest absolute Gasteiger partial charge is 0.495 e. The summed E-state index contributed by atoms with van der Waals surface area (Å²) in [7, 11) is 0. The van der Waals surface area contributed by atoms with E-state index in [0.29, 0.717) is 6.61 Å². The summed E-state index contributed by atoms with van der Waals surface area (Å²) in [6.45, 7) is 11.9. The Kier molecular flexibility index (Phi) is 6.72.